The Morgan fingerprint density at radius 2 is 1.97 bits per heavy atom. The molecule has 4 rings (SSSR count). The van der Waals surface area contributed by atoms with Crippen molar-refractivity contribution in [2.24, 2.45) is 5.16 Å². The maximum atomic E-state index is 13.8. The summed E-state index contributed by atoms with van der Waals surface area (Å²) in [7, 11) is 3.47. The fraction of sp³-hybridized carbons (Fsp3) is 0.333. The van der Waals surface area contributed by atoms with Gasteiger partial charge in [-0.3, -0.25) is 4.79 Å². The number of carbonyl (C=O) groups excluding carboxylic acids is 1. The number of ether oxygens (including phenoxy) is 2. The molecule has 10 nitrogen and oxygen atoms in total. The standard InChI is InChI=1S/C27H31N5O5/c1-5-30(3)26-17-24(20-7-6-8-23(15-20)35-4)29-32(27(26)34)25-16-22(31-11-13-36-14-12-31)10-9-21(25)18-28-37-19(2)33/h6-10,15-18H,5,11-14H2,1-4H3. The summed E-state index contributed by atoms with van der Waals surface area (Å²) in [5.74, 6) is 0.149. The van der Waals surface area contributed by atoms with Gasteiger partial charge in [0.2, 0.25) is 0 Å². The predicted molar refractivity (Wildman–Crippen MR) is 143 cm³/mol. The average Bonchev–Trinajstić information content (AvgIpc) is 2.93. The summed E-state index contributed by atoms with van der Waals surface area (Å²) in [6.07, 6.45) is 1.41. The van der Waals surface area contributed by atoms with Gasteiger partial charge in [0, 0.05) is 50.4 Å². The van der Waals surface area contributed by atoms with Crippen LogP contribution in [0.1, 0.15) is 19.4 Å². The first kappa shape index (κ1) is 25.9. The summed E-state index contributed by atoms with van der Waals surface area (Å²) >= 11 is 0. The zero-order chi connectivity index (χ0) is 26.4. The third-order valence-corrected chi connectivity index (χ3v) is 6.14. The van der Waals surface area contributed by atoms with Crippen LogP contribution in [0.15, 0.2) is 58.5 Å². The molecule has 0 unspecified atom stereocenters. The summed E-state index contributed by atoms with van der Waals surface area (Å²) in [5.41, 5.74) is 3.63. The molecule has 3 aromatic rings. The molecule has 0 amide bonds. The van der Waals surface area contributed by atoms with Crippen molar-refractivity contribution in [1.29, 1.82) is 0 Å². The summed E-state index contributed by atoms with van der Waals surface area (Å²) in [6.45, 7) is 6.60. The minimum atomic E-state index is -0.537. The number of morpholine rings is 1. The minimum absolute atomic E-state index is 0.280. The zero-order valence-electron chi connectivity index (χ0n) is 21.5. The van der Waals surface area contributed by atoms with Crippen molar-refractivity contribution in [3.63, 3.8) is 0 Å². The van der Waals surface area contributed by atoms with Crippen LogP contribution in [-0.4, -0.2) is 69.0 Å². The van der Waals surface area contributed by atoms with Crippen LogP contribution in [0, 0.1) is 0 Å². The summed E-state index contributed by atoms with van der Waals surface area (Å²) < 4.78 is 12.3. The van der Waals surface area contributed by atoms with Gasteiger partial charge < -0.3 is 24.1 Å². The number of oxime groups is 1. The van der Waals surface area contributed by atoms with Crippen molar-refractivity contribution in [1.82, 2.24) is 9.78 Å². The largest absolute Gasteiger partial charge is 0.497 e. The molecule has 1 aliphatic rings. The Hall–Kier alpha value is -4.18. The van der Waals surface area contributed by atoms with Gasteiger partial charge in [-0.25, -0.2) is 4.79 Å². The van der Waals surface area contributed by atoms with Crippen LogP contribution in [0.25, 0.3) is 16.9 Å². The lowest BCUT2D eigenvalue weighted by Gasteiger charge is -2.29. The number of methoxy groups -OCH3 is 1. The normalized spacial score (nSPS) is 13.6. The molecule has 0 saturated carbocycles. The lowest BCUT2D eigenvalue weighted by atomic mass is 10.1. The molecule has 0 spiro atoms. The fourth-order valence-electron chi connectivity index (χ4n) is 4.01. The van der Waals surface area contributed by atoms with Crippen molar-refractivity contribution >= 4 is 23.6 Å². The SMILES string of the molecule is CCN(C)c1cc(-c2cccc(OC)c2)nn(-c2cc(N3CCOCC3)ccc2C=NOC(C)=O)c1=O. The molecule has 2 heterocycles. The van der Waals surface area contributed by atoms with E-state index in [-0.39, 0.29) is 5.56 Å². The number of anilines is 2. The van der Waals surface area contributed by atoms with Gasteiger partial charge in [-0.15, -0.1) is 0 Å². The second-order valence-electron chi connectivity index (χ2n) is 8.54. The molecule has 1 aliphatic heterocycles. The quantitative estimate of drug-likeness (QED) is 0.262. The van der Waals surface area contributed by atoms with Crippen molar-refractivity contribution in [3.05, 3.63) is 64.4 Å². The van der Waals surface area contributed by atoms with E-state index < -0.39 is 5.97 Å². The van der Waals surface area contributed by atoms with E-state index in [2.05, 4.69) is 10.1 Å². The minimum Gasteiger partial charge on any atom is -0.497 e. The number of rotatable bonds is 8. The molecule has 0 atom stereocenters. The van der Waals surface area contributed by atoms with E-state index in [9.17, 15) is 9.59 Å². The molecule has 1 saturated heterocycles. The van der Waals surface area contributed by atoms with Gasteiger partial charge in [0.1, 0.15) is 11.4 Å². The highest BCUT2D eigenvalue weighted by atomic mass is 16.7. The number of hydrogen-bond donors (Lipinski definition) is 0. The second-order valence-corrected chi connectivity index (χ2v) is 8.54. The van der Waals surface area contributed by atoms with Gasteiger partial charge >= 0.3 is 5.97 Å². The van der Waals surface area contributed by atoms with Gasteiger partial charge in [0.05, 0.1) is 37.9 Å². The van der Waals surface area contributed by atoms with E-state index in [1.807, 2.05) is 61.3 Å². The molecule has 0 bridgehead atoms. The highest BCUT2D eigenvalue weighted by molar-refractivity contribution is 5.86. The van der Waals surface area contributed by atoms with E-state index >= 15 is 0 Å². The van der Waals surface area contributed by atoms with Crippen LogP contribution in [0.3, 0.4) is 0 Å². The van der Waals surface area contributed by atoms with E-state index in [0.717, 1.165) is 24.3 Å². The van der Waals surface area contributed by atoms with Crippen molar-refractivity contribution < 1.29 is 19.1 Å². The van der Waals surface area contributed by atoms with Crippen LogP contribution in [0.4, 0.5) is 11.4 Å². The highest BCUT2D eigenvalue weighted by Crippen LogP contribution is 2.27. The average molecular weight is 506 g/mol. The molecule has 1 fully saturated rings. The van der Waals surface area contributed by atoms with Gasteiger partial charge in [-0.2, -0.15) is 9.78 Å². The summed E-state index contributed by atoms with van der Waals surface area (Å²) in [4.78, 5) is 33.9. The molecule has 194 valence electrons. The Bertz CT molecular complexity index is 1350. The molecule has 10 heteroatoms. The first-order valence-corrected chi connectivity index (χ1v) is 12.1. The molecule has 0 aliphatic carbocycles. The maximum Gasteiger partial charge on any atom is 0.331 e. The molecule has 0 radical (unpaired) electrons. The van der Waals surface area contributed by atoms with Crippen LogP contribution in [0.5, 0.6) is 5.75 Å². The second kappa shape index (κ2) is 11.7. The topological polar surface area (TPSA) is 98.5 Å². The van der Waals surface area contributed by atoms with Crippen molar-refractivity contribution in [2.75, 3.05) is 56.8 Å². The van der Waals surface area contributed by atoms with E-state index in [4.69, 9.17) is 19.4 Å². The molecule has 37 heavy (non-hydrogen) atoms. The number of nitrogens with zero attached hydrogens (tertiary/aromatic N) is 5. The van der Waals surface area contributed by atoms with Crippen LogP contribution < -0.4 is 20.1 Å². The molecular formula is C27H31N5O5. The van der Waals surface area contributed by atoms with E-state index in [1.165, 1.54) is 17.8 Å². The number of benzene rings is 2. The first-order chi connectivity index (χ1) is 17.9. The smallest absolute Gasteiger partial charge is 0.331 e. The summed E-state index contributed by atoms with van der Waals surface area (Å²) in [6, 6.07) is 15.0. The fourth-order valence-corrected chi connectivity index (χ4v) is 4.01. The molecule has 1 aromatic heterocycles. The molecular weight excluding hydrogens is 474 g/mol. The van der Waals surface area contributed by atoms with Crippen molar-refractivity contribution in [2.45, 2.75) is 13.8 Å². The Morgan fingerprint density at radius 1 is 1.19 bits per heavy atom. The predicted octanol–water partition coefficient (Wildman–Crippen LogP) is 3.10. The number of hydrogen-bond acceptors (Lipinski definition) is 9. The summed E-state index contributed by atoms with van der Waals surface area (Å²) in [5, 5.41) is 8.56. The van der Waals surface area contributed by atoms with Crippen LogP contribution in [0.2, 0.25) is 0 Å². The Balaban J connectivity index is 1.93. The van der Waals surface area contributed by atoms with Gasteiger partial charge in [-0.05, 0) is 43.3 Å². The first-order valence-electron chi connectivity index (χ1n) is 12.1. The lowest BCUT2D eigenvalue weighted by molar-refractivity contribution is -0.140. The third kappa shape index (κ3) is 5.97. The molecule has 2 aromatic carbocycles. The van der Waals surface area contributed by atoms with Gasteiger partial charge in [-0.1, -0.05) is 17.3 Å². The maximum absolute atomic E-state index is 13.8. The molecule has 0 N–H and O–H groups in total. The zero-order valence-corrected chi connectivity index (χ0v) is 21.5. The van der Waals surface area contributed by atoms with E-state index in [1.54, 1.807) is 13.2 Å². The number of aromatic nitrogens is 2. The van der Waals surface area contributed by atoms with Gasteiger partial charge in [0.15, 0.2) is 0 Å². The van der Waals surface area contributed by atoms with Crippen molar-refractivity contribution in [3.8, 4) is 22.7 Å². The van der Waals surface area contributed by atoms with E-state index in [0.29, 0.717) is 48.1 Å². The Labute approximate surface area is 215 Å². The monoisotopic (exact) mass is 505 g/mol. The third-order valence-electron chi connectivity index (χ3n) is 6.14. The Morgan fingerprint density at radius 3 is 2.68 bits per heavy atom. The highest BCUT2D eigenvalue weighted by Gasteiger charge is 2.19. The van der Waals surface area contributed by atoms with Gasteiger partial charge in [0.25, 0.3) is 5.56 Å². The Kier molecular flexibility index (Phi) is 8.19. The number of carbonyl (C=O) groups is 1. The van der Waals surface area contributed by atoms with Crippen LogP contribution >= 0.6 is 0 Å². The lowest BCUT2D eigenvalue weighted by Crippen LogP contribution is -2.36. The van der Waals surface area contributed by atoms with Crippen LogP contribution in [-0.2, 0) is 14.4 Å².